The highest BCUT2D eigenvalue weighted by Crippen LogP contribution is 2.35. The van der Waals surface area contributed by atoms with Crippen LogP contribution >= 0.6 is 11.8 Å². The summed E-state index contributed by atoms with van der Waals surface area (Å²) in [7, 11) is 0. The van der Waals surface area contributed by atoms with Gasteiger partial charge in [-0.05, 0) is 37.7 Å². The zero-order valence-corrected chi connectivity index (χ0v) is 14.6. The second-order valence-electron chi connectivity index (χ2n) is 5.53. The SMILES string of the molecule is CCCC(C)NC(=O)CSCCCOc1ccc2c(c1)OCO2. The lowest BCUT2D eigenvalue weighted by molar-refractivity contribution is -0.119. The normalized spacial score (nSPS) is 13.7. The molecule has 2 rings (SSSR count). The first-order valence-electron chi connectivity index (χ1n) is 8.08. The van der Waals surface area contributed by atoms with E-state index in [1.54, 1.807) is 11.8 Å². The smallest absolute Gasteiger partial charge is 0.231 e. The molecule has 1 amide bonds. The van der Waals surface area contributed by atoms with E-state index < -0.39 is 0 Å². The van der Waals surface area contributed by atoms with Gasteiger partial charge in [0.15, 0.2) is 11.5 Å². The lowest BCUT2D eigenvalue weighted by Crippen LogP contribution is -2.33. The van der Waals surface area contributed by atoms with Crippen LogP contribution in [-0.4, -0.2) is 36.9 Å². The van der Waals surface area contributed by atoms with Gasteiger partial charge in [0.2, 0.25) is 12.7 Å². The summed E-state index contributed by atoms with van der Waals surface area (Å²) in [6.07, 6.45) is 3.02. The van der Waals surface area contributed by atoms with Gasteiger partial charge < -0.3 is 19.5 Å². The molecular formula is C17H25NO4S. The van der Waals surface area contributed by atoms with Crippen molar-refractivity contribution in [2.75, 3.05) is 24.9 Å². The van der Waals surface area contributed by atoms with Crippen LogP contribution in [0.2, 0.25) is 0 Å². The summed E-state index contributed by atoms with van der Waals surface area (Å²) in [6.45, 7) is 5.07. The van der Waals surface area contributed by atoms with Gasteiger partial charge in [-0.2, -0.15) is 11.8 Å². The standard InChI is InChI=1S/C17H25NO4S/c1-3-5-13(2)18-17(19)11-23-9-4-8-20-14-6-7-15-16(10-14)22-12-21-15/h6-7,10,13H,3-5,8-9,11-12H2,1-2H3,(H,18,19). The zero-order chi connectivity index (χ0) is 16.5. The summed E-state index contributed by atoms with van der Waals surface area (Å²) >= 11 is 1.64. The Morgan fingerprint density at radius 3 is 3.04 bits per heavy atom. The van der Waals surface area contributed by atoms with Gasteiger partial charge in [0.1, 0.15) is 5.75 Å². The van der Waals surface area contributed by atoms with Crippen LogP contribution in [-0.2, 0) is 4.79 Å². The topological polar surface area (TPSA) is 56.8 Å². The molecule has 1 N–H and O–H groups in total. The number of hydrogen-bond acceptors (Lipinski definition) is 5. The largest absolute Gasteiger partial charge is 0.493 e. The number of carbonyl (C=O) groups is 1. The second-order valence-corrected chi connectivity index (χ2v) is 6.63. The molecule has 128 valence electrons. The first-order valence-corrected chi connectivity index (χ1v) is 9.24. The molecule has 23 heavy (non-hydrogen) atoms. The first-order chi connectivity index (χ1) is 11.2. The van der Waals surface area contributed by atoms with Crippen LogP contribution in [0.1, 0.15) is 33.1 Å². The molecule has 0 spiro atoms. The van der Waals surface area contributed by atoms with E-state index in [4.69, 9.17) is 14.2 Å². The summed E-state index contributed by atoms with van der Waals surface area (Å²) in [5.74, 6) is 3.81. The fourth-order valence-corrected chi connectivity index (χ4v) is 3.04. The van der Waals surface area contributed by atoms with Crippen molar-refractivity contribution in [2.45, 2.75) is 39.2 Å². The molecule has 0 aromatic heterocycles. The Labute approximate surface area is 142 Å². The summed E-state index contributed by atoms with van der Waals surface area (Å²) in [6, 6.07) is 5.85. The van der Waals surface area contributed by atoms with E-state index >= 15 is 0 Å². The van der Waals surface area contributed by atoms with Crippen molar-refractivity contribution in [2.24, 2.45) is 0 Å². The molecule has 1 aromatic carbocycles. The predicted molar refractivity (Wildman–Crippen MR) is 92.5 cm³/mol. The number of benzene rings is 1. The number of rotatable bonds is 10. The maximum Gasteiger partial charge on any atom is 0.231 e. The summed E-state index contributed by atoms with van der Waals surface area (Å²) in [4.78, 5) is 11.7. The van der Waals surface area contributed by atoms with Crippen molar-refractivity contribution in [3.63, 3.8) is 0 Å². The monoisotopic (exact) mass is 339 g/mol. The fraction of sp³-hybridized carbons (Fsp3) is 0.588. The van der Waals surface area contributed by atoms with Gasteiger partial charge in [0, 0.05) is 12.1 Å². The molecule has 5 nitrogen and oxygen atoms in total. The minimum absolute atomic E-state index is 0.118. The molecular weight excluding hydrogens is 314 g/mol. The number of hydrogen-bond donors (Lipinski definition) is 1. The molecule has 6 heteroatoms. The van der Waals surface area contributed by atoms with E-state index in [0.717, 1.165) is 42.3 Å². The van der Waals surface area contributed by atoms with Crippen LogP contribution in [0.5, 0.6) is 17.2 Å². The highest BCUT2D eigenvalue weighted by molar-refractivity contribution is 7.99. The van der Waals surface area contributed by atoms with Crippen LogP contribution in [0.4, 0.5) is 0 Å². The van der Waals surface area contributed by atoms with Gasteiger partial charge in [0.25, 0.3) is 0 Å². The molecule has 0 radical (unpaired) electrons. The molecule has 1 aromatic rings. The van der Waals surface area contributed by atoms with Crippen LogP contribution in [0, 0.1) is 0 Å². The van der Waals surface area contributed by atoms with Crippen molar-refractivity contribution in [3.05, 3.63) is 18.2 Å². The van der Waals surface area contributed by atoms with Gasteiger partial charge in [-0.25, -0.2) is 0 Å². The third-order valence-corrected chi connectivity index (χ3v) is 4.45. The summed E-state index contributed by atoms with van der Waals surface area (Å²) < 4.78 is 16.3. The Hall–Kier alpha value is -1.56. The molecule has 1 heterocycles. The number of ether oxygens (including phenoxy) is 3. The highest BCUT2D eigenvalue weighted by atomic mass is 32.2. The van der Waals surface area contributed by atoms with Crippen molar-refractivity contribution in [1.82, 2.24) is 5.32 Å². The average molecular weight is 339 g/mol. The second kappa shape index (κ2) is 9.55. The van der Waals surface area contributed by atoms with Crippen LogP contribution < -0.4 is 19.5 Å². The number of fused-ring (bicyclic) bond motifs is 1. The average Bonchev–Trinajstić information content (AvgIpc) is 2.98. The Kier molecular flexibility index (Phi) is 7.39. The minimum atomic E-state index is 0.118. The minimum Gasteiger partial charge on any atom is -0.493 e. The lowest BCUT2D eigenvalue weighted by atomic mass is 10.2. The molecule has 1 unspecified atom stereocenters. The van der Waals surface area contributed by atoms with Crippen LogP contribution in [0.3, 0.4) is 0 Å². The van der Waals surface area contributed by atoms with E-state index in [-0.39, 0.29) is 18.7 Å². The predicted octanol–water partition coefficient (Wildman–Crippen LogP) is 3.22. The summed E-state index contributed by atoms with van der Waals surface area (Å²) in [5, 5.41) is 3.00. The van der Waals surface area contributed by atoms with Crippen molar-refractivity contribution < 1.29 is 19.0 Å². The number of amides is 1. The van der Waals surface area contributed by atoms with Crippen molar-refractivity contribution in [1.29, 1.82) is 0 Å². The third-order valence-electron chi connectivity index (χ3n) is 3.41. The van der Waals surface area contributed by atoms with E-state index in [1.807, 2.05) is 25.1 Å². The van der Waals surface area contributed by atoms with Gasteiger partial charge in [0.05, 0.1) is 12.4 Å². The maximum absolute atomic E-state index is 11.7. The Bertz CT molecular complexity index is 509. The number of thioether (sulfide) groups is 1. The first kappa shape index (κ1) is 17.8. The van der Waals surface area contributed by atoms with E-state index in [9.17, 15) is 4.79 Å². The molecule has 1 atom stereocenters. The van der Waals surface area contributed by atoms with Crippen molar-refractivity contribution >= 4 is 17.7 Å². The van der Waals surface area contributed by atoms with Gasteiger partial charge >= 0.3 is 0 Å². The van der Waals surface area contributed by atoms with E-state index in [0.29, 0.717) is 12.4 Å². The molecule has 0 fully saturated rings. The van der Waals surface area contributed by atoms with Crippen LogP contribution in [0.15, 0.2) is 18.2 Å². The number of carbonyl (C=O) groups excluding carboxylic acids is 1. The molecule has 1 aliphatic rings. The van der Waals surface area contributed by atoms with Gasteiger partial charge in [-0.3, -0.25) is 4.79 Å². The molecule has 0 saturated heterocycles. The van der Waals surface area contributed by atoms with Crippen molar-refractivity contribution in [3.8, 4) is 17.2 Å². The van der Waals surface area contributed by atoms with Gasteiger partial charge in [-0.1, -0.05) is 13.3 Å². The zero-order valence-electron chi connectivity index (χ0n) is 13.8. The van der Waals surface area contributed by atoms with Crippen LogP contribution in [0.25, 0.3) is 0 Å². The molecule has 1 aliphatic heterocycles. The van der Waals surface area contributed by atoms with E-state index in [1.165, 1.54) is 0 Å². The molecule has 0 aliphatic carbocycles. The maximum atomic E-state index is 11.7. The molecule has 0 saturated carbocycles. The van der Waals surface area contributed by atoms with Gasteiger partial charge in [-0.15, -0.1) is 0 Å². The highest BCUT2D eigenvalue weighted by Gasteiger charge is 2.13. The Morgan fingerprint density at radius 2 is 2.22 bits per heavy atom. The number of nitrogens with one attached hydrogen (secondary N) is 1. The molecule has 0 bridgehead atoms. The lowest BCUT2D eigenvalue weighted by Gasteiger charge is -2.12. The Balaban J connectivity index is 1.53. The fourth-order valence-electron chi connectivity index (χ4n) is 2.30. The summed E-state index contributed by atoms with van der Waals surface area (Å²) in [5.41, 5.74) is 0. The third kappa shape index (κ3) is 6.22. The Morgan fingerprint density at radius 1 is 1.39 bits per heavy atom. The van der Waals surface area contributed by atoms with E-state index in [2.05, 4.69) is 12.2 Å². The quantitative estimate of drug-likeness (QED) is 0.663.